The Morgan fingerprint density at radius 3 is 2.84 bits per heavy atom. The third-order valence-electron chi connectivity index (χ3n) is 3.03. The van der Waals surface area contributed by atoms with Gasteiger partial charge in [0.15, 0.2) is 0 Å². The highest BCUT2D eigenvalue weighted by molar-refractivity contribution is 6.32. The molecule has 0 aliphatic carbocycles. The Bertz CT molecular complexity index is 521. The van der Waals surface area contributed by atoms with Gasteiger partial charge >= 0.3 is 0 Å². The highest BCUT2D eigenvalue weighted by atomic mass is 35.5. The number of piperazine rings is 1. The van der Waals surface area contributed by atoms with Crippen LogP contribution in [0.1, 0.15) is 10.4 Å². The second kappa shape index (κ2) is 5.46. The van der Waals surface area contributed by atoms with Crippen LogP contribution in [-0.2, 0) is 4.79 Å². The molecule has 2 amide bonds. The molecule has 2 rings (SSSR count). The zero-order valence-corrected chi connectivity index (χ0v) is 10.9. The molecule has 6 nitrogen and oxygen atoms in total. The Labute approximate surface area is 115 Å². The number of benzene rings is 1. The van der Waals surface area contributed by atoms with E-state index >= 15 is 0 Å². The molecule has 0 aromatic heterocycles. The SMILES string of the molecule is NC(=O)C1CNCCN1C(=O)c1ccc(O)c(Cl)c1. The van der Waals surface area contributed by atoms with E-state index in [0.29, 0.717) is 25.2 Å². The quantitative estimate of drug-likeness (QED) is 0.709. The Balaban J connectivity index is 2.26. The number of nitrogens with one attached hydrogen (secondary N) is 1. The van der Waals surface area contributed by atoms with E-state index in [0.717, 1.165) is 0 Å². The molecule has 1 atom stereocenters. The molecule has 19 heavy (non-hydrogen) atoms. The number of nitrogens with zero attached hydrogens (tertiary/aromatic N) is 1. The lowest BCUT2D eigenvalue weighted by Crippen LogP contribution is -2.58. The van der Waals surface area contributed by atoms with Gasteiger partial charge in [0, 0.05) is 25.2 Å². The van der Waals surface area contributed by atoms with Gasteiger partial charge in [0.1, 0.15) is 11.8 Å². The summed E-state index contributed by atoms with van der Waals surface area (Å²) in [5.41, 5.74) is 5.60. The van der Waals surface area contributed by atoms with Crippen LogP contribution in [-0.4, -0.2) is 47.5 Å². The number of carbonyl (C=O) groups is 2. The lowest BCUT2D eigenvalue weighted by Gasteiger charge is -2.34. The van der Waals surface area contributed by atoms with E-state index < -0.39 is 11.9 Å². The summed E-state index contributed by atoms with van der Waals surface area (Å²) in [5, 5.41) is 12.4. The van der Waals surface area contributed by atoms with E-state index in [-0.39, 0.29) is 16.7 Å². The van der Waals surface area contributed by atoms with Gasteiger partial charge in [0.05, 0.1) is 5.02 Å². The minimum Gasteiger partial charge on any atom is -0.506 e. The van der Waals surface area contributed by atoms with E-state index in [1.807, 2.05) is 0 Å². The second-order valence-corrected chi connectivity index (χ2v) is 4.69. The van der Waals surface area contributed by atoms with Gasteiger partial charge in [-0.15, -0.1) is 0 Å². The van der Waals surface area contributed by atoms with Crippen LogP contribution < -0.4 is 11.1 Å². The van der Waals surface area contributed by atoms with Crippen molar-refractivity contribution >= 4 is 23.4 Å². The molecule has 0 spiro atoms. The number of carbonyl (C=O) groups excluding carboxylic acids is 2. The first-order chi connectivity index (χ1) is 9.00. The maximum Gasteiger partial charge on any atom is 0.254 e. The highest BCUT2D eigenvalue weighted by Gasteiger charge is 2.31. The van der Waals surface area contributed by atoms with Crippen LogP contribution in [0.2, 0.25) is 5.02 Å². The van der Waals surface area contributed by atoms with Crippen molar-refractivity contribution < 1.29 is 14.7 Å². The summed E-state index contributed by atoms with van der Waals surface area (Å²) in [6, 6.07) is 3.51. The minimum absolute atomic E-state index is 0.0926. The van der Waals surface area contributed by atoms with E-state index in [1.54, 1.807) is 0 Å². The number of phenolic OH excluding ortho intramolecular Hbond substituents is 1. The minimum atomic E-state index is -0.672. The highest BCUT2D eigenvalue weighted by Crippen LogP contribution is 2.24. The maximum atomic E-state index is 12.3. The predicted octanol–water partition coefficient (Wildman–Crippen LogP) is -0.0551. The molecule has 1 aromatic carbocycles. The topological polar surface area (TPSA) is 95.7 Å². The third kappa shape index (κ3) is 2.80. The first-order valence-electron chi connectivity index (χ1n) is 5.80. The predicted molar refractivity (Wildman–Crippen MR) is 70.0 cm³/mol. The molecule has 1 unspecified atom stereocenters. The Kier molecular flexibility index (Phi) is 3.92. The van der Waals surface area contributed by atoms with Gasteiger partial charge in [-0.1, -0.05) is 11.6 Å². The van der Waals surface area contributed by atoms with Crippen molar-refractivity contribution in [1.82, 2.24) is 10.2 Å². The molecule has 1 saturated heterocycles. The first-order valence-corrected chi connectivity index (χ1v) is 6.18. The molecule has 0 bridgehead atoms. The summed E-state index contributed by atoms with van der Waals surface area (Å²) in [5.74, 6) is -0.970. The van der Waals surface area contributed by atoms with E-state index in [2.05, 4.69) is 5.32 Å². The molecule has 1 aliphatic rings. The summed E-state index contributed by atoms with van der Waals surface area (Å²) in [6.07, 6.45) is 0. The molecule has 4 N–H and O–H groups in total. The van der Waals surface area contributed by atoms with Gasteiger partial charge < -0.3 is 21.1 Å². The largest absolute Gasteiger partial charge is 0.506 e. The normalized spacial score (nSPS) is 19.2. The van der Waals surface area contributed by atoms with E-state index in [9.17, 15) is 14.7 Å². The van der Waals surface area contributed by atoms with Crippen molar-refractivity contribution in [2.45, 2.75) is 6.04 Å². The molecule has 1 aliphatic heterocycles. The Morgan fingerprint density at radius 1 is 1.47 bits per heavy atom. The number of rotatable bonds is 2. The molecule has 1 heterocycles. The summed E-state index contributed by atoms with van der Waals surface area (Å²) in [7, 11) is 0. The van der Waals surface area contributed by atoms with Gasteiger partial charge in [-0.2, -0.15) is 0 Å². The number of amides is 2. The van der Waals surface area contributed by atoms with Crippen LogP contribution in [0.25, 0.3) is 0 Å². The summed E-state index contributed by atoms with van der Waals surface area (Å²) >= 11 is 5.77. The third-order valence-corrected chi connectivity index (χ3v) is 3.33. The van der Waals surface area contributed by atoms with E-state index in [4.69, 9.17) is 17.3 Å². The smallest absolute Gasteiger partial charge is 0.254 e. The Morgan fingerprint density at radius 2 is 2.21 bits per heavy atom. The molecule has 102 valence electrons. The molecular formula is C12H14ClN3O3. The van der Waals surface area contributed by atoms with Gasteiger partial charge in [-0.25, -0.2) is 0 Å². The molecule has 1 fully saturated rings. The van der Waals surface area contributed by atoms with Crippen LogP contribution in [0.3, 0.4) is 0 Å². The molecule has 0 saturated carbocycles. The average Bonchev–Trinajstić information content (AvgIpc) is 2.41. The molecule has 0 radical (unpaired) electrons. The first kappa shape index (κ1) is 13.6. The van der Waals surface area contributed by atoms with Crippen LogP contribution in [0.5, 0.6) is 5.75 Å². The van der Waals surface area contributed by atoms with Crippen LogP contribution in [0, 0.1) is 0 Å². The van der Waals surface area contributed by atoms with Crippen LogP contribution in [0.15, 0.2) is 18.2 Å². The fraction of sp³-hybridized carbons (Fsp3) is 0.333. The van der Waals surface area contributed by atoms with Crippen molar-refractivity contribution in [3.05, 3.63) is 28.8 Å². The fourth-order valence-electron chi connectivity index (χ4n) is 2.01. The number of halogens is 1. The van der Waals surface area contributed by atoms with Gasteiger partial charge in [0.25, 0.3) is 5.91 Å². The van der Waals surface area contributed by atoms with Crippen LogP contribution in [0.4, 0.5) is 0 Å². The monoisotopic (exact) mass is 283 g/mol. The number of phenols is 1. The second-order valence-electron chi connectivity index (χ2n) is 4.29. The molecule has 7 heteroatoms. The zero-order chi connectivity index (χ0) is 14.0. The average molecular weight is 284 g/mol. The maximum absolute atomic E-state index is 12.3. The molecule has 1 aromatic rings. The number of primary amides is 1. The Hall–Kier alpha value is -1.79. The zero-order valence-electron chi connectivity index (χ0n) is 10.1. The van der Waals surface area contributed by atoms with Gasteiger partial charge in [0.2, 0.25) is 5.91 Å². The number of hydrogen-bond donors (Lipinski definition) is 3. The molecular weight excluding hydrogens is 270 g/mol. The van der Waals surface area contributed by atoms with Crippen molar-refractivity contribution in [3.63, 3.8) is 0 Å². The van der Waals surface area contributed by atoms with Crippen LogP contribution >= 0.6 is 11.6 Å². The number of aromatic hydroxyl groups is 1. The van der Waals surface area contributed by atoms with E-state index in [1.165, 1.54) is 23.1 Å². The summed E-state index contributed by atoms with van der Waals surface area (Å²) in [6.45, 7) is 1.33. The van der Waals surface area contributed by atoms with Crippen molar-refractivity contribution in [3.8, 4) is 5.75 Å². The van der Waals surface area contributed by atoms with Gasteiger partial charge in [-0.05, 0) is 18.2 Å². The number of hydrogen-bond acceptors (Lipinski definition) is 4. The summed E-state index contributed by atoms with van der Waals surface area (Å²) < 4.78 is 0. The summed E-state index contributed by atoms with van der Waals surface area (Å²) in [4.78, 5) is 25.1. The van der Waals surface area contributed by atoms with Crippen molar-refractivity contribution in [2.75, 3.05) is 19.6 Å². The lowest BCUT2D eigenvalue weighted by molar-refractivity contribution is -0.122. The number of nitrogens with two attached hydrogens (primary N) is 1. The lowest BCUT2D eigenvalue weighted by atomic mass is 10.1. The van der Waals surface area contributed by atoms with Gasteiger partial charge in [-0.3, -0.25) is 9.59 Å². The van der Waals surface area contributed by atoms with Crippen molar-refractivity contribution in [1.29, 1.82) is 0 Å². The standard InChI is InChI=1S/C12H14ClN3O3/c13-8-5-7(1-2-10(8)17)12(19)16-4-3-15-6-9(16)11(14)18/h1-2,5,9,15,17H,3-4,6H2,(H2,14,18). The fourth-order valence-corrected chi connectivity index (χ4v) is 2.19. The van der Waals surface area contributed by atoms with Crippen molar-refractivity contribution in [2.24, 2.45) is 5.73 Å².